The second-order valence-corrected chi connectivity index (χ2v) is 5.05. The van der Waals surface area contributed by atoms with Crippen LogP contribution in [-0.2, 0) is 11.3 Å². The molecular formula is C18H22N2O3. The van der Waals surface area contributed by atoms with Crippen LogP contribution < -0.4 is 20.5 Å². The maximum absolute atomic E-state index is 11.7. The van der Waals surface area contributed by atoms with Crippen molar-refractivity contribution in [2.75, 3.05) is 13.7 Å². The highest BCUT2D eigenvalue weighted by Gasteiger charge is 2.17. The third-order valence-electron chi connectivity index (χ3n) is 3.46. The number of nitrogens with one attached hydrogen (secondary N) is 1. The Morgan fingerprint density at radius 1 is 1.17 bits per heavy atom. The van der Waals surface area contributed by atoms with E-state index in [9.17, 15) is 4.79 Å². The number of nitrogens with two attached hydrogens (primary N) is 1. The fourth-order valence-corrected chi connectivity index (χ4v) is 2.34. The molecule has 1 amide bonds. The van der Waals surface area contributed by atoms with Crippen molar-refractivity contribution >= 4 is 5.91 Å². The molecule has 0 aliphatic carbocycles. The van der Waals surface area contributed by atoms with E-state index in [1.54, 1.807) is 7.11 Å². The van der Waals surface area contributed by atoms with Crippen LogP contribution in [-0.4, -0.2) is 19.6 Å². The van der Waals surface area contributed by atoms with Gasteiger partial charge in [0, 0.05) is 6.54 Å². The van der Waals surface area contributed by atoms with E-state index in [0.717, 1.165) is 11.1 Å². The minimum absolute atomic E-state index is 0.408. The summed E-state index contributed by atoms with van der Waals surface area (Å²) in [5, 5.41) is 3.18. The first-order chi connectivity index (χ1) is 11.2. The molecule has 0 spiro atoms. The summed E-state index contributed by atoms with van der Waals surface area (Å²) in [5.74, 6) is 0.962. The van der Waals surface area contributed by atoms with Gasteiger partial charge in [0.2, 0.25) is 5.91 Å². The van der Waals surface area contributed by atoms with Crippen molar-refractivity contribution in [1.82, 2.24) is 5.32 Å². The molecule has 0 heterocycles. The van der Waals surface area contributed by atoms with E-state index in [1.165, 1.54) is 0 Å². The van der Waals surface area contributed by atoms with Gasteiger partial charge in [0.25, 0.3) is 0 Å². The molecule has 2 rings (SSSR count). The molecule has 122 valence electrons. The van der Waals surface area contributed by atoms with Gasteiger partial charge in [0.15, 0.2) is 11.5 Å². The Morgan fingerprint density at radius 3 is 2.52 bits per heavy atom. The number of amides is 1. The first kappa shape index (κ1) is 16.8. The van der Waals surface area contributed by atoms with E-state index in [4.69, 9.17) is 15.2 Å². The monoisotopic (exact) mass is 314 g/mol. The normalized spacial score (nSPS) is 11.7. The molecule has 0 fully saturated rings. The summed E-state index contributed by atoms with van der Waals surface area (Å²) in [5.41, 5.74) is 7.33. The molecule has 0 aliphatic rings. The average molecular weight is 314 g/mol. The third-order valence-corrected chi connectivity index (χ3v) is 3.46. The fourth-order valence-electron chi connectivity index (χ4n) is 2.34. The number of methoxy groups -OCH3 is 1. The highest BCUT2D eigenvalue weighted by atomic mass is 16.5. The number of hydrogen-bond acceptors (Lipinski definition) is 4. The first-order valence-electron chi connectivity index (χ1n) is 7.53. The molecule has 0 aliphatic heterocycles. The summed E-state index contributed by atoms with van der Waals surface area (Å²) in [6.45, 7) is 2.99. The highest BCUT2D eigenvalue weighted by molar-refractivity contribution is 5.81. The molecule has 3 N–H and O–H groups in total. The van der Waals surface area contributed by atoms with Crippen LogP contribution in [0.1, 0.15) is 24.1 Å². The standard InChI is InChI=1S/C18H22N2O3/c1-3-23-15-10-9-13(11-16(15)22-2)12-20-17(18(19)21)14-7-5-4-6-8-14/h4-11,17,20H,3,12H2,1-2H3,(H2,19,21)/t17-/m0/s1. The topological polar surface area (TPSA) is 73.6 Å². The van der Waals surface area contributed by atoms with Gasteiger partial charge in [-0.3, -0.25) is 10.1 Å². The van der Waals surface area contributed by atoms with Crippen molar-refractivity contribution in [2.45, 2.75) is 19.5 Å². The molecule has 0 bridgehead atoms. The quantitative estimate of drug-likeness (QED) is 0.785. The lowest BCUT2D eigenvalue weighted by Gasteiger charge is -2.17. The predicted octanol–water partition coefficient (Wildman–Crippen LogP) is 2.41. The Balaban J connectivity index is 2.10. The number of carbonyl (C=O) groups is 1. The Morgan fingerprint density at radius 2 is 1.91 bits per heavy atom. The van der Waals surface area contributed by atoms with Crippen LogP contribution in [0.2, 0.25) is 0 Å². The largest absolute Gasteiger partial charge is 0.493 e. The van der Waals surface area contributed by atoms with Crippen molar-refractivity contribution in [3.63, 3.8) is 0 Å². The van der Waals surface area contributed by atoms with Crippen molar-refractivity contribution in [3.8, 4) is 11.5 Å². The van der Waals surface area contributed by atoms with Gasteiger partial charge in [-0.2, -0.15) is 0 Å². The van der Waals surface area contributed by atoms with E-state index in [1.807, 2.05) is 55.5 Å². The summed E-state index contributed by atoms with van der Waals surface area (Å²) < 4.78 is 10.8. The minimum Gasteiger partial charge on any atom is -0.493 e. The first-order valence-corrected chi connectivity index (χ1v) is 7.53. The van der Waals surface area contributed by atoms with Crippen molar-refractivity contribution in [2.24, 2.45) is 5.73 Å². The smallest absolute Gasteiger partial charge is 0.239 e. The van der Waals surface area contributed by atoms with E-state index in [-0.39, 0.29) is 0 Å². The second-order valence-electron chi connectivity index (χ2n) is 5.05. The van der Waals surface area contributed by atoms with Crippen molar-refractivity contribution < 1.29 is 14.3 Å². The van der Waals surface area contributed by atoms with E-state index >= 15 is 0 Å². The Hall–Kier alpha value is -2.53. The van der Waals surface area contributed by atoms with Gasteiger partial charge in [-0.15, -0.1) is 0 Å². The molecule has 0 aromatic heterocycles. The van der Waals surface area contributed by atoms with Crippen molar-refractivity contribution in [3.05, 3.63) is 59.7 Å². The molecule has 0 saturated heterocycles. The molecule has 2 aromatic carbocycles. The van der Waals surface area contributed by atoms with E-state index in [2.05, 4.69) is 5.32 Å². The van der Waals surface area contributed by atoms with Gasteiger partial charge in [0.1, 0.15) is 6.04 Å². The van der Waals surface area contributed by atoms with Gasteiger partial charge < -0.3 is 15.2 Å². The Kier molecular flexibility index (Phi) is 6.00. The lowest BCUT2D eigenvalue weighted by atomic mass is 10.1. The molecule has 0 saturated carbocycles. The molecule has 0 radical (unpaired) electrons. The van der Waals surface area contributed by atoms with Crippen LogP contribution in [0, 0.1) is 0 Å². The second kappa shape index (κ2) is 8.19. The fraction of sp³-hybridized carbons (Fsp3) is 0.278. The Bertz CT molecular complexity index is 644. The zero-order chi connectivity index (χ0) is 16.7. The molecule has 5 heteroatoms. The highest BCUT2D eigenvalue weighted by Crippen LogP contribution is 2.28. The summed E-state index contributed by atoms with van der Waals surface area (Å²) in [4.78, 5) is 11.7. The number of ether oxygens (including phenoxy) is 2. The Labute approximate surface area is 136 Å². The van der Waals surface area contributed by atoms with Crippen LogP contribution >= 0.6 is 0 Å². The van der Waals surface area contributed by atoms with Crippen LogP contribution in [0.25, 0.3) is 0 Å². The minimum atomic E-state index is -0.534. The zero-order valence-corrected chi connectivity index (χ0v) is 13.4. The van der Waals surface area contributed by atoms with Gasteiger partial charge in [0.05, 0.1) is 13.7 Å². The molecule has 1 atom stereocenters. The number of hydrogen-bond donors (Lipinski definition) is 2. The summed E-state index contributed by atoms with van der Waals surface area (Å²) in [6.07, 6.45) is 0. The van der Waals surface area contributed by atoms with E-state index in [0.29, 0.717) is 24.7 Å². The lowest BCUT2D eigenvalue weighted by molar-refractivity contribution is -0.120. The van der Waals surface area contributed by atoms with E-state index < -0.39 is 11.9 Å². The maximum Gasteiger partial charge on any atom is 0.239 e. The zero-order valence-electron chi connectivity index (χ0n) is 13.4. The number of carbonyl (C=O) groups excluding carboxylic acids is 1. The van der Waals surface area contributed by atoms with Gasteiger partial charge >= 0.3 is 0 Å². The van der Waals surface area contributed by atoms with Crippen LogP contribution in [0.4, 0.5) is 0 Å². The number of rotatable bonds is 8. The molecule has 0 unspecified atom stereocenters. The van der Waals surface area contributed by atoms with Gasteiger partial charge in [-0.25, -0.2) is 0 Å². The van der Waals surface area contributed by atoms with Gasteiger partial charge in [-0.1, -0.05) is 36.4 Å². The molecule has 23 heavy (non-hydrogen) atoms. The lowest BCUT2D eigenvalue weighted by Crippen LogP contribution is -2.33. The van der Waals surface area contributed by atoms with Crippen molar-refractivity contribution in [1.29, 1.82) is 0 Å². The molecule has 2 aromatic rings. The SMILES string of the molecule is CCOc1ccc(CN[C@H](C(N)=O)c2ccccc2)cc1OC. The third kappa shape index (κ3) is 4.47. The van der Waals surface area contributed by atoms with Gasteiger partial charge in [-0.05, 0) is 30.2 Å². The predicted molar refractivity (Wildman–Crippen MR) is 89.4 cm³/mol. The summed E-state index contributed by atoms with van der Waals surface area (Å²) in [7, 11) is 1.60. The summed E-state index contributed by atoms with van der Waals surface area (Å²) >= 11 is 0. The molecular weight excluding hydrogens is 292 g/mol. The van der Waals surface area contributed by atoms with Crippen LogP contribution in [0.3, 0.4) is 0 Å². The number of primary amides is 1. The maximum atomic E-state index is 11.7. The van der Waals surface area contributed by atoms with Crippen LogP contribution in [0.5, 0.6) is 11.5 Å². The average Bonchev–Trinajstić information content (AvgIpc) is 2.57. The summed E-state index contributed by atoms with van der Waals surface area (Å²) in [6, 6.07) is 14.6. The number of benzene rings is 2. The van der Waals surface area contributed by atoms with Crippen LogP contribution in [0.15, 0.2) is 48.5 Å². The molecule has 5 nitrogen and oxygen atoms in total.